The molecule has 0 aliphatic carbocycles. The summed E-state index contributed by atoms with van der Waals surface area (Å²) in [5.41, 5.74) is 2.88. The second kappa shape index (κ2) is 10.4. The van der Waals surface area contributed by atoms with E-state index >= 15 is 0 Å². The fourth-order valence-electron chi connectivity index (χ4n) is 4.38. The first-order valence-corrected chi connectivity index (χ1v) is 11.4. The number of imidazole rings is 1. The van der Waals surface area contributed by atoms with Gasteiger partial charge in [-0.25, -0.2) is 4.98 Å². The van der Waals surface area contributed by atoms with Crippen LogP contribution in [0.4, 0.5) is 0 Å². The zero-order valence-electron chi connectivity index (χ0n) is 18.7. The molecule has 0 saturated carbocycles. The Morgan fingerprint density at radius 3 is 2.81 bits per heavy atom. The SMILES string of the molecule is CN(CCc1ccccn1)C(=O)CC[C@@H]1CCCN(C(=O)Cn2cnc3ccccc32)C1. The Bertz CT molecular complexity index is 1050. The van der Waals surface area contributed by atoms with Crippen molar-refractivity contribution in [3.8, 4) is 0 Å². The monoisotopic (exact) mass is 433 g/mol. The molecule has 1 aromatic carbocycles. The zero-order valence-corrected chi connectivity index (χ0v) is 18.7. The Balaban J connectivity index is 1.23. The maximum absolute atomic E-state index is 12.9. The highest BCUT2D eigenvalue weighted by Crippen LogP contribution is 2.22. The Morgan fingerprint density at radius 2 is 1.97 bits per heavy atom. The minimum atomic E-state index is 0.122. The standard InChI is InChI=1S/C25H31N5O2/c1-28(16-13-21-8-4-5-14-26-21)24(31)12-11-20-7-6-15-29(17-20)25(32)18-30-19-27-22-9-2-3-10-23(22)30/h2-5,8-10,14,19-20H,6-7,11-13,15-18H2,1H3/t20-/m0/s1. The molecule has 1 saturated heterocycles. The van der Waals surface area contributed by atoms with Gasteiger partial charge in [-0.15, -0.1) is 0 Å². The van der Waals surface area contributed by atoms with E-state index in [1.165, 1.54) is 0 Å². The van der Waals surface area contributed by atoms with E-state index < -0.39 is 0 Å². The van der Waals surface area contributed by atoms with E-state index in [1.807, 2.05) is 59.0 Å². The average Bonchev–Trinajstić information content (AvgIpc) is 3.24. The van der Waals surface area contributed by atoms with Gasteiger partial charge in [0.05, 0.1) is 17.4 Å². The van der Waals surface area contributed by atoms with Crippen LogP contribution in [-0.4, -0.2) is 62.8 Å². The van der Waals surface area contributed by atoms with Crippen LogP contribution in [0.2, 0.25) is 0 Å². The van der Waals surface area contributed by atoms with Crippen LogP contribution < -0.4 is 0 Å². The summed E-state index contributed by atoms with van der Waals surface area (Å²) in [4.78, 5) is 37.9. The molecule has 7 heteroatoms. The molecule has 32 heavy (non-hydrogen) atoms. The number of hydrogen-bond acceptors (Lipinski definition) is 4. The summed E-state index contributed by atoms with van der Waals surface area (Å²) in [6, 6.07) is 13.7. The summed E-state index contributed by atoms with van der Waals surface area (Å²) in [5, 5.41) is 0. The number of pyridine rings is 1. The minimum Gasteiger partial charge on any atom is -0.345 e. The van der Waals surface area contributed by atoms with Crippen molar-refractivity contribution in [2.75, 3.05) is 26.7 Å². The normalized spacial score (nSPS) is 16.3. The molecule has 1 aliphatic rings. The third kappa shape index (κ3) is 5.52. The minimum absolute atomic E-state index is 0.122. The van der Waals surface area contributed by atoms with Crippen LogP contribution in [-0.2, 0) is 22.6 Å². The molecule has 2 aromatic heterocycles. The summed E-state index contributed by atoms with van der Waals surface area (Å²) in [7, 11) is 1.86. The number of amides is 2. The third-order valence-corrected chi connectivity index (χ3v) is 6.33. The Labute approximate surface area is 189 Å². The fourth-order valence-corrected chi connectivity index (χ4v) is 4.38. The van der Waals surface area contributed by atoms with Crippen molar-refractivity contribution in [1.82, 2.24) is 24.3 Å². The van der Waals surface area contributed by atoms with Gasteiger partial charge in [-0.05, 0) is 49.4 Å². The van der Waals surface area contributed by atoms with E-state index in [4.69, 9.17) is 0 Å². The molecule has 168 valence electrons. The average molecular weight is 434 g/mol. The summed E-state index contributed by atoms with van der Waals surface area (Å²) < 4.78 is 1.92. The number of rotatable bonds is 8. The van der Waals surface area contributed by atoms with Crippen molar-refractivity contribution in [3.05, 3.63) is 60.7 Å². The van der Waals surface area contributed by atoms with Crippen LogP contribution in [0.15, 0.2) is 55.0 Å². The molecule has 0 bridgehead atoms. The number of aromatic nitrogens is 3. The summed E-state index contributed by atoms with van der Waals surface area (Å²) in [5.74, 6) is 0.659. The first kappa shape index (κ1) is 22.0. The van der Waals surface area contributed by atoms with Gasteiger partial charge in [-0.3, -0.25) is 14.6 Å². The van der Waals surface area contributed by atoms with Gasteiger partial charge in [0.25, 0.3) is 0 Å². The quantitative estimate of drug-likeness (QED) is 0.547. The van der Waals surface area contributed by atoms with Gasteiger partial charge in [0.2, 0.25) is 11.8 Å². The topological polar surface area (TPSA) is 71.3 Å². The van der Waals surface area contributed by atoms with E-state index in [9.17, 15) is 9.59 Å². The van der Waals surface area contributed by atoms with Crippen LogP contribution in [0, 0.1) is 5.92 Å². The predicted molar refractivity (Wildman–Crippen MR) is 124 cm³/mol. The van der Waals surface area contributed by atoms with Crippen LogP contribution in [0.5, 0.6) is 0 Å². The summed E-state index contributed by atoms with van der Waals surface area (Å²) >= 11 is 0. The molecule has 1 aliphatic heterocycles. The highest BCUT2D eigenvalue weighted by Gasteiger charge is 2.25. The number of nitrogens with zero attached hydrogens (tertiary/aromatic N) is 5. The molecule has 3 heterocycles. The Kier molecular flexibility index (Phi) is 7.14. The number of benzene rings is 1. The second-order valence-corrected chi connectivity index (χ2v) is 8.63. The smallest absolute Gasteiger partial charge is 0.242 e. The van der Waals surface area contributed by atoms with E-state index in [1.54, 1.807) is 17.4 Å². The number of carbonyl (C=O) groups excluding carboxylic acids is 2. The number of hydrogen-bond donors (Lipinski definition) is 0. The van der Waals surface area contributed by atoms with Crippen molar-refractivity contribution >= 4 is 22.8 Å². The highest BCUT2D eigenvalue weighted by atomic mass is 16.2. The molecule has 0 spiro atoms. The molecular formula is C25H31N5O2. The van der Waals surface area contributed by atoms with Crippen molar-refractivity contribution in [2.24, 2.45) is 5.92 Å². The lowest BCUT2D eigenvalue weighted by molar-refractivity contribution is -0.133. The molecule has 0 N–H and O–H groups in total. The van der Waals surface area contributed by atoms with Gasteiger partial charge >= 0.3 is 0 Å². The molecule has 7 nitrogen and oxygen atoms in total. The van der Waals surface area contributed by atoms with Crippen molar-refractivity contribution in [1.29, 1.82) is 0 Å². The molecule has 2 amide bonds. The van der Waals surface area contributed by atoms with Gasteiger partial charge in [0, 0.05) is 51.4 Å². The first-order chi connectivity index (χ1) is 15.6. The number of likely N-dealkylation sites (N-methyl/N-ethyl adjacent to an activating group) is 1. The number of para-hydroxylation sites is 2. The third-order valence-electron chi connectivity index (χ3n) is 6.33. The zero-order chi connectivity index (χ0) is 22.3. The van der Waals surface area contributed by atoms with Crippen molar-refractivity contribution in [3.63, 3.8) is 0 Å². The fraction of sp³-hybridized carbons (Fsp3) is 0.440. The van der Waals surface area contributed by atoms with Gasteiger partial charge in [-0.2, -0.15) is 0 Å². The Hall–Kier alpha value is -3.22. The lowest BCUT2D eigenvalue weighted by Gasteiger charge is -2.33. The lowest BCUT2D eigenvalue weighted by atomic mass is 9.93. The van der Waals surface area contributed by atoms with Crippen molar-refractivity contribution in [2.45, 2.75) is 38.6 Å². The van der Waals surface area contributed by atoms with Gasteiger partial charge in [-0.1, -0.05) is 18.2 Å². The molecule has 1 atom stereocenters. The molecule has 4 rings (SSSR count). The van der Waals surface area contributed by atoms with Gasteiger partial charge in [0.1, 0.15) is 6.54 Å². The van der Waals surface area contributed by atoms with E-state index in [2.05, 4.69) is 9.97 Å². The molecule has 3 aromatic rings. The van der Waals surface area contributed by atoms with Crippen LogP contribution in [0.25, 0.3) is 11.0 Å². The molecule has 0 radical (unpaired) electrons. The predicted octanol–water partition coefficient (Wildman–Crippen LogP) is 3.15. The van der Waals surface area contributed by atoms with E-state index in [0.717, 1.165) is 55.5 Å². The number of fused-ring (bicyclic) bond motifs is 1. The van der Waals surface area contributed by atoms with Gasteiger partial charge in [0.15, 0.2) is 0 Å². The number of piperidine rings is 1. The number of likely N-dealkylation sites (tertiary alicyclic amines) is 1. The lowest BCUT2D eigenvalue weighted by Crippen LogP contribution is -2.41. The maximum atomic E-state index is 12.9. The highest BCUT2D eigenvalue weighted by molar-refractivity contribution is 5.80. The summed E-state index contributed by atoms with van der Waals surface area (Å²) in [6.07, 6.45) is 7.69. The number of carbonyl (C=O) groups is 2. The molecule has 1 fully saturated rings. The van der Waals surface area contributed by atoms with Gasteiger partial charge < -0.3 is 14.4 Å². The molecular weight excluding hydrogens is 402 g/mol. The van der Waals surface area contributed by atoms with E-state index in [-0.39, 0.29) is 11.8 Å². The van der Waals surface area contributed by atoms with Crippen molar-refractivity contribution < 1.29 is 9.59 Å². The van der Waals surface area contributed by atoms with Crippen LogP contribution in [0.1, 0.15) is 31.4 Å². The molecule has 0 unspecified atom stereocenters. The maximum Gasteiger partial charge on any atom is 0.242 e. The first-order valence-electron chi connectivity index (χ1n) is 11.4. The Morgan fingerprint density at radius 1 is 1.12 bits per heavy atom. The van der Waals surface area contributed by atoms with Crippen LogP contribution >= 0.6 is 0 Å². The summed E-state index contributed by atoms with van der Waals surface area (Å²) in [6.45, 7) is 2.50. The van der Waals surface area contributed by atoms with Crippen LogP contribution in [0.3, 0.4) is 0 Å². The van der Waals surface area contributed by atoms with E-state index in [0.29, 0.717) is 25.4 Å². The largest absolute Gasteiger partial charge is 0.345 e. The second-order valence-electron chi connectivity index (χ2n) is 8.63.